The lowest BCUT2D eigenvalue weighted by molar-refractivity contribution is -0.140. The highest BCUT2D eigenvalue weighted by molar-refractivity contribution is 6.33. The molecule has 4 nitrogen and oxygen atoms in total. The first-order valence-electron chi connectivity index (χ1n) is 5.13. The van der Waals surface area contributed by atoms with Gasteiger partial charge in [-0.2, -0.15) is 0 Å². The summed E-state index contributed by atoms with van der Waals surface area (Å²) in [5.41, 5.74) is 0.432. The lowest BCUT2D eigenvalue weighted by Gasteiger charge is -2.17. The molecule has 0 aromatic heterocycles. The minimum atomic E-state index is -0.344. The highest BCUT2D eigenvalue weighted by Crippen LogP contribution is 2.16. The number of carbonyl (C=O) groups is 2. The fraction of sp³-hybridized carbons (Fsp3) is 0.333. The van der Waals surface area contributed by atoms with Crippen LogP contribution in [0.5, 0.6) is 0 Å². The maximum Gasteiger partial charge on any atom is 0.307 e. The minimum absolute atomic E-state index is 0.170. The van der Waals surface area contributed by atoms with Gasteiger partial charge in [-0.25, -0.2) is 0 Å². The smallest absolute Gasteiger partial charge is 0.307 e. The van der Waals surface area contributed by atoms with E-state index in [2.05, 4.69) is 4.74 Å². The quantitative estimate of drug-likeness (QED) is 0.773. The molecule has 0 spiro atoms. The average molecular weight is 256 g/mol. The maximum absolute atomic E-state index is 12.0. The lowest BCUT2D eigenvalue weighted by atomic mass is 10.2. The molecule has 0 atom stereocenters. The van der Waals surface area contributed by atoms with Crippen molar-refractivity contribution in [2.75, 3.05) is 20.7 Å². The number of rotatable bonds is 4. The first kappa shape index (κ1) is 13.5. The van der Waals surface area contributed by atoms with Gasteiger partial charge in [-0.15, -0.1) is 0 Å². The van der Waals surface area contributed by atoms with E-state index in [9.17, 15) is 9.59 Å². The molecule has 0 radical (unpaired) electrons. The molecule has 0 saturated heterocycles. The van der Waals surface area contributed by atoms with Crippen molar-refractivity contribution in [3.63, 3.8) is 0 Å². The molecule has 0 N–H and O–H groups in total. The third-order valence-corrected chi connectivity index (χ3v) is 2.66. The van der Waals surface area contributed by atoms with Gasteiger partial charge in [-0.05, 0) is 12.1 Å². The van der Waals surface area contributed by atoms with Crippen LogP contribution in [0.4, 0.5) is 0 Å². The van der Waals surface area contributed by atoms with Gasteiger partial charge in [-0.3, -0.25) is 9.59 Å². The molecular weight excluding hydrogens is 242 g/mol. The van der Waals surface area contributed by atoms with E-state index in [4.69, 9.17) is 11.6 Å². The normalized spacial score (nSPS) is 9.82. The SMILES string of the molecule is COC(=O)CCN(C)C(=O)c1ccccc1Cl. The number of ether oxygens (including phenoxy) is 1. The van der Waals surface area contributed by atoms with E-state index in [1.165, 1.54) is 12.0 Å². The van der Waals surface area contributed by atoms with E-state index in [1.54, 1.807) is 31.3 Å². The highest BCUT2D eigenvalue weighted by atomic mass is 35.5. The van der Waals surface area contributed by atoms with Crippen LogP contribution >= 0.6 is 11.6 Å². The number of methoxy groups -OCH3 is 1. The maximum atomic E-state index is 12.0. The van der Waals surface area contributed by atoms with E-state index in [1.807, 2.05) is 0 Å². The first-order chi connectivity index (χ1) is 8.06. The second-order valence-electron chi connectivity index (χ2n) is 3.53. The number of hydrogen-bond donors (Lipinski definition) is 0. The van der Waals surface area contributed by atoms with E-state index in [0.29, 0.717) is 17.1 Å². The number of carbonyl (C=O) groups excluding carboxylic acids is 2. The number of nitrogens with zero attached hydrogens (tertiary/aromatic N) is 1. The Kier molecular flexibility index (Phi) is 4.97. The molecule has 0 aliphatic rings. The lowest BCUT2D eigenvalue weighted by Crippen LogP contribution is -2.29. The molecule has 0 aliphatic heterocycles. The molecule has 1 aromatic rings. The Morgan fingerprint density at radius 3 is 2.59 bits per heavy atom. The molecule has 0 saturated carbocycles. The molecule has 5 heteroatoms. The largest absolute Gasteiger partial charge is 0.469 e. The van der Waals surface area contributed by atoms with Gasteiger partial charge >= 0.3 is 5.97 Å². The fourth-order valence-corrected chi connectivity index (χ4v) is 1.52. The first-order valence-corrected chi connectivity index (χ1v) is 5.51. The molecular formula is C12H14ClNO3. The molecule has 92 valence electrons. The summed E-state index contributed by atoms with van der Waals surface area (Å²) in [6.45, 7) is 0.302. The van der Waals surface area contributed by atoms with E-state index >= 15 is 0 Å². The van der Waals surface area contributed by atoms with E-state index < -0.39 is 0 Å². The number of hydrogen-bond acceptors (Lipinski definition) is 3. The zero-order chi connectivity index (χ0) is 12.8. The summed E-state index contributed by atoms with van der Waals surface area (Å²) in [6.07, 6.45) is 0.170. The number of benzene rings is 1. The Morgan fingerprint density at radius 2 is 2.00 bits per heavy atom. The Balaban J connectivity index is 2.64. The third kappa shape index (κ3) is 3.75. The summed E-state index contributed by atoms with van der Waals surface area (Å²) in [5.74, 6) is -0.552. The van der Waals surface area contributed by atoms with Crippen LogP contribution in [-0.2, 0) is 9.53 Å². The molecule has 1 amide bonds. The second kappa shape index (κ2) is 6.25. The van der Waals surface area contributed by atoms with Gasteiger partial charge in [0.1, 0.15) is 0 Å². The number of amides is 1. The Bertz CT molecular complexity index is 420. The third-order valence-electron chi connectivity index (χ3n) is 2.33. The van der Waals surface area contributed by atoms with E-state index in [-0.39, 0.29) is 18.3 Å². The minimum Gasteiger partial charge on any atom is -0.469 e. The topological polar surface area (TPSA) is 46.6 Å². The monoisotopic (exact) mass is 255 g/mol. The molecule has 0 aliphatic carbocycles. The van der Waals surface area contributed by atoms with Crippen LogP contribution in [0, 0.1) is 0 Å². The summed E-state index contributed by atoms with van der Waals surface area (Å²) in [6, 6.07) is 6.81. The van der Waals surface area contributed by atoms with Crippen LogP contribution in [-0.4, -0.2) is 37.5 Å². The van der Waals surface area contributed by atoms with Crippen LogP contribution in [0.15, 0.2) is 24.3 Å². The summed E-state index contributed by atoms with van der Waals surface area (Å²) in [4.78, 5) is 24.4. The van der Waals surface area contributed by atoms with E-state index in [0.717, 1.165) is 0 Å². The average Bonchev–Trinajstić information content (AvgIpc) is 2.35. The Morgan fingerprint density at radius 1 is 1.35 bits per heavy atom. The standard InChI is InChI=1S/C12H14ClNO3/c1-14(8-7-11(15)17-2)12(16)9-5-3-4-6-10(9)13/h3-6H,7-8H2,1-2H3. The Labute approximate surface area is 105 Å². The van der Waals surface area contributed by atoms with Crippen molar-refractivity contribution >= 4 is 23.5 Å². The van der Waals surface area contributed by atoms with Crippen LogP contribution in [0.1, 0.15) is 16.8 Å². The van der Waals surface area contributed by atoms with Gasteiger partial charge in [0, 0.05) is 13.6 Å². The van der Waals surface area contributed by atoms with Crippen LogP contribution in [0.25, 0.3) is 0 Å². The van der Waals surface area contributed by atoms with Crippen LogP contribution in [0.3, 0.4) is 0 Å². The highest BCUT2D eigenvalue weighted by Gasteiger charge is 2.15. The molecule has 0 fully saturated rings. The number of halogens is 1. The summed E-state index contributed by atoms with van der Waals surface area (Å²) >= 11 is 5.91. The molecule has 0 unspecified atom stereocenters. The molecule has 1 aromatic carbocycles. The van der Waals surface area contributed by atoms with Gasteiger partial charge in [-0.1, -0.05) is 23.7 Å². The molecule has 17 heavy (non-hydrogen) atoms. The molecule has 0 bridgehead atoms. The van der Waals surface area contributed by atoms with Crippen LogP contribution < -0.4 is 0 Å². The molecule has 1 rings (SSSR count). The second-order valence-corrected chi connectivity index (χ2v) is 3.94. The molecule has 0 heterocycles. The predicted octanol–water partition coefficient (Wildman–Crippen LogP) is 1.98. The zero-order valence-electron chi connectivity index (χ0n) is 9.77. The zero-order valence-corrected chi connectivity index (χ0v) is 10.5. The summed E-state index contributed by atoms with van der Waals surface area (Å²) in [7, 11) is 2.94. The van der Waals surface area contributed by atoms with Gasteiger partial charge in [0.05, 0.1) is 24.1 Å². The van der Waals surface area contributed by atoms with Gasteiger partial charge in [0.25, 0.3) is 5.91 Å². The van der Waals surface area contributed by atoms with Crippen molar-refractivity contribution in [2.24, 2.45) is 0 Å². The summed E-state index contributed by atoms with van der Waals surface area (Å²) < 4.78 is 4.51. The van der Waals surface area contributed by atoms with Crippen molar-refractivity contribution in [2.45, 2.75) is 6.42 Å². The predicted molar refractivity (Wildman–Crippen MR) is 65.0 cm³/mol. The number of esters is 1. The Hall–Kier alpha value is -1.55. The van der Waals surface area contributed by atoms with Crippen molar-refractivity contribution in [3.05, 3.63) is 34.9 Å². The summed E-state index contributed by atoms with van der Waals surface area (Å²) in [5, 5.41) is 0.405. The fourth-order valence-electron chi connectivity index (χ4n) is 1.30. The van der Waals surface area contributed by atoms with Crippen molar-refractivity contribution in [1.29, 1.82) is 0 Å². The van der Waals surface area contributed by atoms with Gasteiger partial charge < -0.3 is 9.64 Å². The van der Waals surface area contributed by atoms with Crippen molar-refractivity contribution in [3.8, 4) is 0 Å². The van der Waals surface area contributed by atoms with Crippen LogP contribution in [0.2, 0.25) is 5.02 Å². The van der Waals surface area contributed by atoms with Gasteiger partial charge in [0.15, 0.2) is 0 Å². The van der Waals surface area contributed by atoms with Gasteiger partial charge in [0.2, 0.25) is 0 Å². The van der Waals surface area contributed by atoms with Crippen molar-refractivity contribution in [1.82, 2.24) is 4.90 Å². The van der Waals surface area contributed by atoms with Crippen molar-refractivity contribution < 1.29 is 14.3 Å².